The maximum Gasteiger partial charge on any atom is 0.241 e. The molecule has 1 unspecified atom stereocenters. The smallest absolute Gasteiger partial charge is 0.241 e. The van der Waals surface area contributed by atoms with Crippen molar-refractivity contribution in [1.29, 1.82) is 0 Å². The molecule has 0 saturated carbocycles. The normalized spacial score (nSPS) is 23.3. The van der Waals surface area contributed by atoms with Crippen molar-refractivity contribution >= 4 is 32.4 Å². The summed E-state index contributed by atoms with van der Waals surface area (Å²) in [4.78, 5) is 0.269. The summed E-state index contributed by atoms with van der Waals surface area (Å²) >= 11 is 6.22. The number of halogens is 1. The maximum atomic E-state index is 13.1. The van der Waals surface area contributed by atoms with E-state index in [1.807, 2.05) is 18.2 Å². The molecule has 2 aromatic rings. The van der Waals surface area contributed by atoms with Crippen LogP contribution in [0.4, 0.5) is 0 Å². The monoisotopic (exact) mass is 395 g/mol. The molecular formula is C19H22ClNO4S. The maximum absolute atomic E-state index is 13.1. The average molecular weight is 396 g/mol. The van der Waals surface area contributed by atoms with Crippen molar-refractivity contribution in [3.63, 3.8) is 0 Å². The minimum atomic E-state index is -3.65. The lowest BCUT2D eigenvalue weighted by atomic mass is 9.84. The summed E-state index contributed by atoms with van der Waals surface area (Å²) in [5, 5.41) is 1.93. The van der Waals surface area contributed by atoms with Gasteiger partial charge in [0.2, 0.25) is 10.0 Å². The van der Waals surface area contributed by atoms with Crippen LogP contribution in [0.5, 0.6) is 0 Å². The molecule has 5 nitrogen and oxygen atoms in total. The summed E-state index contributed by atoms with van der Waals surface area (Å²) in [5.41, 5.74) is -0.258. The summed E-state index contributed by atoms with van der Waals surface area (Å²) in [5.74, 6) is 0. The SMILES string of the molecule is O=S(=O)(NC1CCOC2(CCOCC2)C1)c1ccc(Cl)c2ccccc12. The van der Waals surface area contributed by atoms with E-state index in [4.69, 9.17) is 21.1 Å². The van der Waals surface area contributed by atoms with E-state index in [9.17, 15) is 8.42 Å². The van der Waals surface area contributed by atoms with Crippen LogP contribution in [0.15, 0.2) is 41.3 Å². The Hall–Kier alpha value is -1.18. The Labute approximate surface area is 158 Å². The minimum absolute atomic E-state index is 0.138. The average Bonchev–Trinajstić information content (AvgIpc) is 2.62. The van der Waals surface area contributed by atoms with Gasteiger partial charge >= 0.3 is 0 Å². The van der Waals surface area contributed by atoms with Gasteiger partial charge in [-0.1, -0.05) is 35.9 Å². The first-order valence-electron chi connectivity index (χ1n) is 8.90. The number of hydrogen-bond donors (Lipinski definition) is 1. The van der Waals surface area contributed by atoms with E-state index in [-0.39, 0.29) is 16.5 Å². The zero-order chi connectivity index (χ0) is 18.2. The zero-order valence-electron chi connectivity index (χ0n) is 14.4. The molecule has 140 valence electrons. The van der Waals surface area contributed by atoms with Crippen molar-refractivity contribution in [1.82, 2.24) is 4.72 Å². The lowest BCUT2D eigenvalue weighted by Gasteiger charge is -2.43. The van der Waals surface area contributed by atoms with E-state index < -0.39 is 10.0 Å². The van der Waals surface area contributed by atoms with Gasteiger partial charge in [-0.25, -0.2) is 13.1 Å². The van der Waals surface area contributed by atoms with Crippen molar-refractivity contribution in [3.05, 3.63) is 41.4 Å². The highest BCUT2D eigenvalue weighted by Gasteiger charge is 2.40. The van der Waals surface area contributed by atoms with Gasteiger partial charge in [0, 0.05) is 41.7 Å². The number of ether oxygens (including phenoxy) is 2. The van der Waals surface area contributed by atoms with Crippen molar-refractivity contribution in [3.8, 4) is 0 Å². The van der Waals surface area contributed by atoms with Crippen LogP contribution < -0.4 is 4.72 Å². The van der Waals surface area contributed by atoms with Gasteiger partial charge in [-0.15, -0.1) is 0 Å². The number of rotatable bonds is 3. The van der Waals surface area contributed by atoms with Gasteiger partial charge in [0.15, 0.2) is 0 Å². The Morgan fingerprint density at radius 1 is 1.04 bits per heavy atom. The molecule has 4 rings (SSSR count). The zero-order valence-corrected chi connectivity index (χ0v) is 16.0. The number of nitrogens with one attached hydrogen (secondary N) is 1. The van der Waals surface area contributed by atoms with E-state index in [0.717, 1.165) is 18.2 Å². The molecule has 26 heavy (non-hydrogen) atoms. The highest BCUT2D eigenvalue weighted by Crippen LogP contribution is 2.35. The number of hydrogen-bond acceptors (Lipinski definition) is 4. The molecule has 2 aliphatic rings. The summed E-state index contributed by atoms with van der Waals surface area (Å²) in [7, 11) is -3.65. The Morgan fingerprint density at radius 2 is 1.77 bits per heavy atom. The van der Waals surface area contributed by atoms with Crippen LogP contribution in [-0.2, 0) is 19.5 Å². The van der Waals surface area contributed by atoms with Gasteiger partial charge in [-0.3, -0.25) is 0 Å². The molecule has 1 spiro atoms. The van der Waals surface area contributed by atoms with Gasteiger partial charge in [-0.05, 0) is 37.8 Å². The first kappa shape index (κ1) is 18.2. The van der Waals surface area contributed by atoms with Crippen LogP contribution in [0.1, 0.15) is 25.7 Å². The molecular weight excluding hydrogens is 374 g/mol. The highest BCUT2D eigenvalue weighted by atomic mass is 35.5. The lowest BCUT2D eigenvalue weighted by Crippen LogP contribution is -2.50. The summed E-state index contributed by atoms with van der Waals surface area (Å²) < 4.78 is 40.5. The predicted octanol–water partition coefficient (Wildman–Crippen LogP) is 3.50. The topological polar surface area (TPSA) is 64.6 Å². The highest BCUT2D eigenvalue weighted by molar-refractivity contribution is 7.89. The third-order valence-corrected chi connectivity index (χ3v) is 7.25. The Bertz CT molecular complexity index is 903. The second-order valence-corrected chi connectivity index (χ2v) is 9.14. The fourth-order valence-corrected chi connectivity index (χ4v) is 5.68. The molecule has 2 aromatic carbocycles. The van der Waals surface area contributed by atoms with E-state index in [1.165, 1.54) is 0 Å². The molecule has 0 radical (unpaired) electrons. The first-order chi connectivity index (χ1) is 12.5. The number of fused-ring (bicyclic) bond motifs is 1. The Balaban J connectivity index is 1.61. The van der Waals surface area contributed by atoms with Gasteiger partial charge in [0.1, 0.15) is 0 Å². The van der Waals surface area contributed by atoms with E-state index >= 15 is 0 Å². The van der Waals surface area contributed by atoms with Gasteiger partial charge < -0.3 is 9.47 Å². The second kappa shape index (κ2) is 7.09. The van der Waals surface area contributed by atoms with E-state index in [2.05, 4.69) is 4.72 Å². The third-order valence-electron chi connectivity index (χ3n) is 5.34. The Morgan fingerprint density at radius 3 is 2.54 bits per heavy atom. The third kappa shape index (κ3) is 3.49. The van der Waals surface area contributed by atoms with Crippen LogP contribution in [0.3, 0.4) is 0 Å². The summed E-state index contributed by atoms with van der Waals surface area (Å²) in [6, 6.07) is 10.4. The first-order valence-corrected chi connectivity index (χ1v) is 10.8. The van der Waals surface area contributed by atoms with Crippen molar-refractivity contribution < 1.29 is 17.9 Å². The molecule has 2 fully saturated rings. The lowest BCUT2D eigenvalue weighted by molar-refractivity contribution is -0.138. The molecule has 2 saturated heterocycles. The molecule has 0 aromatic heterocycles. The molecule has 0 bridgehead atoms. The van der Waals surface area contributed by atoms with Crippen molar-refractivity contribution in [2.24, 2.45) is 0 Å². The number of sulfonamides is 1. The standard InChI is InChI=1S/C19H22ClNO4S/c20-17-5-6-18(16-4-2-1-3-15(16)17)26(22,23)21-14-7-10-25-19(13-14)8-11-24-12-9-19/h1-6,14,21H,7-13H2. The van der Waals surface area contributed by atoms with Crippen LogP contribution in [0.2, 0.25) is 5.02 Å². The van der Waals surface area contributed by atoms with Crippen LogP contribution in [0, 0.1) is 0 Å². The Kier molecular flexibility index (Phi) is 4.96. The van der Waals surface area contributed by atoms with Gasteiger partial charge in [0.05, 0.1) is 10.5 Å². The fourth-order valence-electron chi connectivity index (χ4n) is 3.97. The van der Waals surface area contributed by atoms with Crippen LogP contribution in [0.25, 0.3) is 10.8 Å². The second-order valence-electron chi connectivity index (χ2n) is 7.05. The molecule has 2 aliphatic heterocycles. The van der Waals surface area contributed by atoms with E-state index in [0.29, 0.717) is 43.1 Å². The van der Waals surface area contributed by atoms with Crippen LogP contribution in [-0.4, -0.2) is 39.9 Å². The minimum Gasteiger partial charge on any atom is -0.381 e. The molecule has 0 aliphatic carbocycles. The summed E-state index contributed by atoms with van der Waals surface area (Å²) in [6.45, 7) is 1.90. The molecule has 1 N–H and O–H groups in total. The molecule has 1 atom stereocenters. The molecule has 2 heterocycles. The fraction of sp³-hybridized carbons (Fsp3) is 0.474. The number of benzene rings is 2. The van der Waals surface area contributed by atoms with Gasteiger partial charge in [-0.2, -0.15) is 0 Å². The van der Waals surface area contributed by atoms with Gasteiger partial charge in [0.25, 0.3) is 0 Å². The molecule has 7 heteroatoms. The largest absolute Gasteiger partial charge is 0.381 e. The molecule has 0 amide bonds. The van der Waals surface area contributed by atoms with Crippen LogP contribution >= 0.6 is 11.6 Å². The van der Waals surface area contributed by atoms with E-state index in [1.54, 1.807) is 18.2 Å². The quantitative estimate of drug-likeness (QED) is 0.863. The summed E-state index contributed by atoms with van der Waals surface area (Å²) in [6.07, 6.45) is 2.98. The van der Waals surface area contributed by atoms with Crippen molar-refractivity contribution in [2.75, 3.05) is 19.8 Å². The predicted molar refractivity (Wildman–Crippen MR) is 101 cm³/mol. The van der Waals surface area contributed by atoms with Crippen molar-refractivity contribution in [2.45, 2.75) is 42.2 Å².